The van der Waals surface area contributed by atoms with E-state index in [0.29, 0.717) is 3.39 Å². The number of ether oxygens (including phenoxy) is 1. The Hall–Kier alpha value is -0.160. The Morgan fingerprint density at radius 3 is 2.12 bits per heavy atom. The summed E-state index contributed by atoms with van der Waals surface area (Å²) in [4.78, 5) is 12.1. The summed E-state index contributed by atoms with van der Waals surface area (Å²) in [6.45, 7) is 2.81. The van der Waals surface area contributed by atoms with Gasteiger partial charge in [0.15, 0.2) is 23.3 Å². The van der Waals surface area contributed by atoms with Gasteiger partial charge >= 0.3 is 5.97 Å². The molecule has 0 spiro atoms. The first-order chi connectivity index (χ1) is 11.0. The number of esters is 1. The maximum atomic E-state index is 13.8. The molecular weight excluding hydrogens is 575 g/mol. The molecule has 1 aliphatic carbocycles. The fourth-order valence-electron chi connectivity index (χ4n) is 2.58. The van der Waals surface area contributed by atoms with Crippen LogP contribution in [0.5, 0.6) is 0 Å². The molecule has 0 radical (unpaired) electrons. The van der Waals surface area contributed by atoms with E-state index >= 15 is 0 Å². The Morgan fingerprint density at radius 1 is 1.17 bits per heavy atom. The molecule has 1 saturated carbocycles. The Bertz CT molecular complexity index is 704. The zero-order valence-corrected chi connectivity index (χ0v) is 17.7. The van der Waals surface area contributed by atoms with E-state index in [2.05, 4.69) is 31.9 Å². The first kappa shape index (κ1) is 20.2. The van der Waals surface area contributed by atoms with Gasteiger partial charge in [0.1, 0.15) is 6.61 Å². The SMILES string of the molecule is CC1(C)[C@H](C(=O)OCc2c(F)c(F)c(I)c(F)c2F)[C@@H]1C=C(Br)Br. The van der Waals surface area contributed by atoms with Crippen LogP contribution in [0.3, 0.4) is 0 Å². The van der Waals surface area contributed by atoms with Crippen molar-refractivity contribution in [3.63, 3.8) is 0 Å². The van der Waals surface area contributed by atoms with E-state index in [1.165, 1.54) is 0 Å². The quantitative estimate of drug-likeness (QED) is 0.147. The summed E-state index contributed by atoms with van der Waals surface area (Å²) in [5.41, 5.74) is -1.32. The molecule has 1 fully saturated rings. The lowest BCUT2D eigenvalue weighted by Crippen LogP contribution is -2.14. The minimum atomic E-state index is -1.55. The minimum absolute atomic E-state index is 0.126. The van der Waals surface area contributed by atoms with Gasteiger partial charge < -0.3 is 4.74 Å². The molecule has 24 heavy (non-hydrogen) atoms. The summed E-state index contributed by atoms with van der Waals surface area (Å²) in [7, 11) is 0. The highest BCUT2D eigenvalue weighted by Crippen LogP contribution is 2.60. The lowest BCUT2D eigenvalue weighted by atomic mass is 10.1. The van der Waals surface area contributed by atoms with E-state index in [4.69, 9.17) is 4.74 Å². The van der Waals surface area contributed by atoms with Crippen LogP contribution in [0.4, 0.5) is 17.6 Å². The summed E-state index contributed by atoms with van der Waals surface area (Å²) in [6.07, 6.45) is 1.78. The van der Waals surface area contributed by atoms with Gasteiger partial charge in [-0.1, -0.05) is 19.9 Å². The first-order valence-electron chi connectivity index (χ1n) is 6.69. The predicted molar refractivity (Wildman–Crippen MR) is 95.5 cm³/mol. The summed E-state index contributed by atoms with van der Waals surface area (Å²) < 4.78 is 59.3. The summed E-state index contributed by atoms with van der Waals surface area (Å²) in [6, 6.07) is 0. The number of halogens is 7. The number of benzene rings is 1. The van der Waals surface area contributed by atoms with Gasteiger partial charge in [-0.2, -0.15) is 0 Å². The molecule has 0 aliphatic heterocycles. The highest BCUT2D eigenvalue weighted by Gasteiger charge is 2.61. The maximum absolute atomic E-state index is 13.8. The van der Waals surface area contributed by atoms with Crippen LogP contribution in [-0.4, -0.2) is 5.97 Å². The van der Waals surface area contributed by atoms with E-state index in [0.717, 1.165) is 22.6 Å². The predicted octanol–water partition coefficient (Wildman–Crippen LogP) is 5.79. The summed E-state index contributed by atoms with van der Waals surface area (Å²) >= 11 is 7.57. The molecule has 2 rings (SSSR count). The van der Waals surface area contributed by atoms with Crippen molar-refractivity contribution in [2.45, 2.75) is 20.5 Å². The van der Waals surface area contributed by atoms with Gasteiger partial charge in [0, 0.05) is 0 Å². The normalized spacial score (nSPS) is 21.4. The molecule has 0 N–H and O–H groups in total. The van der Waals surface area contributed by atoms with Crippen molar-refractivity contribution >= 4 is 60.4 Å². The second kappa shape index (κ2) is 7.22. The Labute approximate surface area is 166 Å². The van der Waals surface area contributed by atoms with Crippen molar-refractivity contribution in [3.05, 3.63) is 41.9 Å². The Balaban J connectivity index is 2.16. The molecule has 0 aromatic heterocycles. The van der Waals surface area contributed by atoms with Crippen LogP contribution in [0.15, 0.2) is 9.47 Å². The van der Waals surface area contributed by atoms with Crippen LogP contribution in [0, 0.1) is 44.1 Å². The number of allylic oxidation sites excluding steroid dienone is 1. The topological polar surface area (TPSA) is 26.3 Å². The monoisotopic (exact) mass is 584 g/mol. The third-order valence-corrected chi connectivity index (χ3v) is 5.61. The van der Waals surface area contributed by atoms with Crippen molar-refractivity contribution in [1.29, 1.82) is 0 Å². The maximum Gasteiger partial charge on any atom is 0.310 e. The van der Waals surface area contributed by atoms with Crippen molar-refractivity contribution in [1.82, 2.24) is 0 Å². The molecule has 1 aliphatic rings. The number of carbonyl (C=O) groups excluding carboxylic acids is 1. The van der Waals surface area contributed by atoms with Gasteiger partial charge in [-0.15, -0.1) is 0 Å². The average Bonchev–Trinajstić information content (AvgIpc) is 3.02. The van der Waals surface area contributed by atoms with Gasteiger partial charge in [-0.05, 0) is 65.8 Å². The molecule has 2 atom stereocenters. The molecule has 0 unspecified atom stereocenters. The number of carbonyl (C=O) groups is 1. The molecule has 2 nitrogen and oxygen atoms in total. The average molecular weight is 586 g/mol. The number of hydrogen-bond donors (Lipinski definition) is 0. The Morgan fingerprint density at radius 2 is 1.67 bits per heavy atom. The molecule has 0 bridgehead atoms. The van der Waals surface area contributed by atoms with Crippen molar-refractivity contribution in [2.24, 2.45) is 17.3 Å². The molecule has 132 valence electrons. The lowest BCUT2D eigenvalue weighted by Gasteiger charge is -2.10. The fourth-order valence-corrected chi connectivity index (χ4v) is 3.63. The number of hydrogen-bond acceptors (Lipinski definition) is 2. The van der Waals surface area contributed by atoms with Gasteiger partial charge in [0.2, 0.25) is 0 Å². The van der Waals surface area contributed by atoms with Crippen molar-refractivity contribution < 1.29 is 27.1 Å². The van der Waals surface area contributed by atoms with Crippen molar-refractivity contribution in [3.8, 4) is 0 Å². The smallest absolute Gasteiger partial charge is 0.310 e. The zero-order chi connectivity index (χ0) is 18.4. The van der Waals surface area contributed by atoms with E-state index in [1.54, 1.807) is 6.08 Å². The summed E-state index contributed by atoms with van der Waals surface area (Å²) in [5, 5.41) is 0. The molecule has 9 heteroatoms. The Kier molecular flexibility index (Phi) is 6.06. The van der Waals surface area contributed by atoms with Gasteiger partial charge in [-0.25, -0.2) is 17.6 Å². The van der Waals surface area contributed by atoms with Crippen LogP contribution in [-0.2, 0) is 16.1 Å². The van der Waals surface area contributed by atoms with Gasteiger partial charge in [-0.3, -0.25) is 4.79 Å². The lowest BCUT2D eigenvalue weighted by molar-refractivity contribution is -0.147. The van der Waals surface area contributed by atoms with E-state index in [-0.39, 0.29) is 11.3 Å². The van der Waals surface area contributed by atoms with Crippen molar-refractivity contribution in [2.75, 3.05) is 0 Å². The minimum Gasteiger partial charge on any atom is -0.460 e. The summed E-state index contributed by atoms with van der Waals surface area (Å²) in [5.74, 6) is -7.43. The highest BCUT2D eigenvalue weighted by atomic mass is 127. The second-order valence-electron chi connectivity index (χ2n) is 5.94. The number of rotatable bonds is 4. The van der Waals surface area contributed by atoms with Crippen LogP contribution in [0.2, 0.25) is 0 Å². The fraction of sp³-hybridized carbons (Fsp3) is 0.400. The van der Waals surface area contributed by atoms with E-state index in [1.807, 2.05) is 13.8 Å². The second-order valence-corrected chi connectivity index (χ2v) is 9.79. The van der Waals surface area contributed by atoms with E-state index in [9.17, 15) is 22.4 Å². The van der Waals surface area contributed by atoms with Crippen LogP contribution in [0.1, 0.15) is 19.4 Å². The standard InChI is InChI=1S/C15H11Br2F4IO2/c1-15(2)6(3-7(16)17)8(15)14(23)24-4-5-9(18)11(20)13(22)12(21)10(5)19/h3,6,8H,4H2,1-2H3/t6-,8-/m0/s1. The molecule has 0 saturated heterocycles. The van der Waals surface area contributed by atoms with Crippen LogP contribution >= 0.6 is 54.5 Å². The zero-order valence-electron chi connectivity index (χ0n) is 12.4. The molecule has 1 aromatic carbocycles. The van der Waals surface area contributed by atoms with Gasteiger partial charge in [0.05, 0.1) is 18.4 Å². The molecule has 1 aromatic rings. The first-order valence-corrected chi connectivity index (χ1v) is 9.36. The van der Waals surface area contributed by atoms with Gasteiger partial charge in [0.25, 0.3) is 0 Å². The highest BCUT2D eigenvalue weighted by molar-refractivity contribution is 14.1. The van der Waals surface area contributed by atoms with E-state index < -0.39 is 50.9 Å². The third-order valence-electron chi connectivity index (χ3n) is 4.13. The molecular formula is C15H11Br2F4IO2. The van der Waals surface area contributed by atoms with Crippen LogP contribution < -0.4 is 0 Å². The van der Waals surface area contributed by atoms with Crippen LogP contribution in [0.25, 0.3) is 0 Å². The third kappa shape index (κ3) is 3.67. The molecule has 0 amide bonds. The largest absolute Gasteiger partial charge is 0.460 e. The molecule has 0 heterocycles.